The fourth-order valence-corrected chi connectivity index (χ4v) is 4.83. The van der Waals surface area contributed by atoms with Crippen LogP contribution in [0.4, 0.5) is 9.52 Å². The van der Waals surface area contributed by atoms with Crippen molar-refractivity contribution in [3.05, 3.63) is 89.5 Å². The molecule has 0 radical (unpaired) electrons. The van der Waals surface area contributed by atoms with Crippen molar-refractivity contribution in [2.75, 3.05) is 12.0 Å². The summed E-state index contributed by atoms with van der Waals surface area (Å²) in [6, 6.07) is 13.1. The molecule has 1 N–H and O–H groups in total. The highest BCUT2D eigenvalue weighted by Crippen LogP contribution is 2.44. The molecule has 5 rings (SSSR count). The van der Waals surface area contributed by atoms with Crippen molar-refractivity contribution < 1.29 is 23.8 Å². The highest BCUT2D eigenvalue weighted by molar-refractivity contribution is 7.22. The average molecular weight is 461 g/mol. The molecule has 0 aliphatic carbocycles. The van der Waals surface area contributed by atoms with Crippen molar-refractivity contribution in [2.24, 2.45) is 0 Å². The van der Waals surface area contributed by atoms with E-state index in [1.54, 1.807) is 36.4 Å². The van der Waals surface area contributed by atoms with Crippen LogP contribution in [-0.4, -0.2) is 33.9 Å². The van der Waals surface area contributed by atoms with Crippen molar-refractivity contribution in [1.29, 1.82) is 0 Å². The second kappa shape index (κ2) is 8.10. The molecule has 1 aliphatic heterocycles. The summed E-state index contributed by atoms with van der Waals surface area (Å²) in [7, 11) is 1.51. The summed E-state index contributed by atoms with van der Waals surface area (Å²) in [5.41, 5.74) is 1.32. The van der Waals surface area contributed by atoms with Gasteiger partial charge in [-0.15, -0.1) is 0 Å². The molecule has 1 amide bonds. The molecule has 9 heteroatoms. The zero-order valence-electron chi connectivity index (χ0n) is 17.2. The number of hydrogen-bond acceptors (Lipinski definition) is 7. The maximum Gasteiger partial charge on any atom is 0.301 e. The van der Waals surface area contributed by atoms with Gasteiger partial charge in [0, 0.05) is 18.0 Å². The first kappa shape index (κ1) is 20.8. The Labute approximate surface area is 191 Å². The van der Waals surface area contributed by atoms with Gasteiger partial charge in [0.25, 0.3) is 5.78 Å². The number of Topliss-reactive ketones (excluding diaryl/α,β-unsaturated/α-hetero) is 1. The number of fused-ring (bicyclic) bond motifs is 1. The zero-order chi connectivity index (χ0) is 23.1. The number of methoxy groups -OCH3 is 1. The van der Waals surface area contributed by atoms with Crippen LogP contribution in [0.15, 0.2) is 72.6 Å². The number of ketones is 1. The molecule has 1 saturated heterocycles. The third-order valence-electron chi connectivity index (χ3n) is 5.35. The first-order chi connectivity index (χ1) is 16.0. The zero-order valence-corrected chi connectivity index (χ0v) is 18.0. The molecule has 0 spiro atoms. The smallest absolute Gasteiger partial charge is 0.301 e. The molecule has 1 unspecified atom stereocenters. The Hall–Kier alpha value is -4.11. The van der Waals surface area contributed by atoms with Crippen LogP contribution in [-0.2, 0) is 9.59 Å². The Kier molecular flexibility index (Phi) is 5.10. The van der Waals surface area contributed by atoms with Crippen LogP contribution in [0.1, 0.15) is 17.2 Å². The Morgan fingerprint density at radius 2 is 1.91 bits per heavy atom. The molecule has 0 saturated carbocycles. The number of amides is 1. The van der Waals surface area contributed by atoms with Crippen molar-refractivity contribution in [3.8, 4) is 5.75 Å². The Morgan fingerprint density at radius 3 is 2.67 bits per heavy atom. The number of benzene rings is 2. The molecular weight excluding hydrogens is 445 g/mol. The van der Waals surface area contributed by atoms with E-state index in [9.17, 15) is 19.1 Å². The van der Waals surface area contributed by atoms with Gasteiger partial charge in [0.1, 0.15) is 17.3 Å². The molecule has 7 nitrogen and oxygen atoms in total. The van der Waals surface area contributed by atoms with E-state index in [1.807, 2.05) is 0 Å². The number of carbonyl (C=O) groups is 2. The highest BCUT2D eigenvalue weighted by Gasteiger charge is 2.48. The quantitative estimate of drug-likeness (QED) is 0.274. The van der Waals surface area contributed by atoms with Gasteiger partial charge in [0.15, 0.2) is 5.13 Å². The Balaban J connectivity index is 1.74. The van der Waals surface area contributed by atoms with E-state index >= 15 is 0 Å². The number of rotatable bonds is 4. The van der Waals surface area contributed by atoms with Gasteiger partial charge in [-0.3, -0.25) is 19.5 Å². The van der Waals surface area contributed by atoms with E-state index in [4.69, 9.17) is 4.74 Å². The minimum absolute atomic E-state index is 0.0788. The maximum absolute atomic E-state index is 13.7. The predicted octanol–water partition coefficient (Wildman–Crippen LogP) is 4.47. The number of aromatic nitrogens is 2. The van der Waals surface area contributed by atoms with E-state index in [-0.39, 0.29) is 16.5 Å². The van der Waals surface area contributed by atoms with Crippen LogP contribution >= 0.6 is 11.3 Å². The first-order valence-electron chi connectivity index (χ1n) is 9.89. The number of aliphatic hydroxyl groups is 1. The van der Waals surface area contributed by atoms with Crippen LogP contribution in [0, 0.1) is 5.82 Å². The lowest BCUT2D eigenvalue weighted by Gasteiger charge is -2.23. The third kappa shape index (κ3) is 3.52. The van der Waals surface area contributed by atoms with Gasteiger partial charge in [0.05, 0.1) is 28.9 Å². The van der Waals surface area contributed by atoms with Gasteiger partial charge in [-0.05, 0) is 48.0 Å². The molecule has 2 aromatic carbocycles. The number of ether oxygens (including phenoxy) is 1. The molecule has 0 bridgehead atoms. The summed E-state index contributed by atoms with van der Waals surface area (Å²) in [5, 5.41) is 11.3. The molecule has 1 aliphatic rings. The maximum atomic E-state index is 13.7. The van der Waals surface area contributed by atoms with Gasteiger partial charge < -0.3 is 9.84 Å². The van der Waals surface area contributed by atoms with Gasteiger partial charge in [-0.25, -0.2) is 9.37 Å². The van der Waals surface area contributed by atoms with Crippen molar-refractivity contribution >= 4 is 44.1 Å². The highest BCUT2D eigenvalue weighted by atomic mass is 32.1. The number of anilines is 1. The third-order valence-corrected chi connectivity index (χ3v) is 6.37. The summed E-state index contributed by atoms with van der Waals surface area (Å²) < 4.78 is 19.6. The lowest BCUT2D eigenvalue weighted by molar-refractivity contribution is -0.132. The molecule has 1 fully saturated rings. The molecule has 4 aromatic rings. The van der Waals surface area contributed by atoms with Crippen LogP contribution in [0.25, 0.3) is 16.0 Å². The fraction of sp³-hybridized carbons (Fsp3) is 0.0833. The van der Waals surface area contributed by atoms with E-state index in [0.717, 1.165) is 11.3 Å². The predicted molar refractivity (Wildman–Crippen MR) is 122 cm³/mol. The first-order valence-corrected chi connectivity index (χ1v) is 10.7. The van der Waals surface area contributed by atoms with Gasteiger partial charge in [0.2, 0.25) is 0 Å². The second-order valence-corrected chi connectivity index (χ2v) is 8.30. The summed E-state index contributed by atoms with van der Waals surface area (Å²) in [6.07, 6.45) is 2.96. The number of hydrogen-bond donors (Lipinski definition) is 1. The van der Waals surface area contributed by atoms with Gasteiger partial charge in [-0.1, -0.05) is 23.5 Å². The normalized spacial score (nSPS) is 17.6. The van der Waals surface area contributed by atoms with Crippen LogP contribution in [0.5, 0.6) is 5.75 Å². The average Bonchev–Trinajstić information content (AvgIpc) is 3.37. The lowest BCUT2D eigenvalue weighted by Crippen LogP contribution is -2.29. The van der Waals surface area contributed by atoms with Crippen LogP contribution in [0.2, 0.25) is 0 Å². The van der Waals surface area contributed by atoms with Crippen molar-refractivity contribution in [2.45, 2.75) is 6.04 Å². The second-order valence-electron chi connectivity index (χ2n) is 7.29. The minimum atomic E-state index is -0.960. The van der Waals surface area contributed by atoms with Crippen molar-refractivity contribution in [1.82, 2.24) is 9.97 Å². The van der Waals surface area contributed by atoms with Crippen LogP contribution < -0.4 is 9.64 Å². The van der Waals surface area contributed by atoms with E-state index in [2.05, 4.69) is 9.97 Å². The Bertz CT molecular complexity index is 1430. The molecule has 2 aromatic heterocycles. The largest absolute Gasteiger partial charge is 0.507 e. The van der Waals surface area contributed by atoms with Crippen molar-refractivity contribution in [3.63, 3.8) is 0 Å². The SMILES string of the molecule is COc1cccc(C2/C(=C(\O)c3ccncc3)C(=O)C(=O)N2c2nc3ccc(F)cc3s2)c1. The molecule has 164 valence electrons. The van der Waals surface area contributed by atoms with E-state index in [1.165, 1.54) is 42.6 Å². The number of nitrogens with zero attached hydrogens (tertiary/aromatic N) is 3. The van der Waals surface area contributed by atoms with E-state index in [0.29, 0.717) is 27.1 Å². The number of pyridine rings is 1. The number of carbonyl (C=O) groups excluding carboxylic acids is 2. The summed E-state index contributed by atoms with van der Waals surface area (Å²) in [5.74, 6) is -1.91. The Morgan fingerprint density at radius 1 is 1.12 bits per heavy atom. The topological polar surface area (TPSA) is 92.6 Å². The van der Waals surface area contributed by atoms with E-state index < -0.39 is 23.5 Å². The molecular formula is C24H16FN3O4S. The minimum Gasteiger partial charge on any atom is -0.507 e. The number of thiazole rings is 1. The molecule has 3 heterocycles. The van der Waals surface area contributed by atoms with Gasteiger partial charge >= 0.3 is 5.91 Å². The van der Waals surface area contributed by atoms with Crippen LogP contribution in [0.3, 0.4) is 0 Å². The van der Waals surface area contributed by atoms with Gasteiger partial charge in [-0.2, -0.15) is 0 Å². The monoisotopic (exact) mass is 461 g/mol. The standard InChI is InChI=1S/C24H16FN3O4S/c1-32-16-4-2-3-14(11-16)20-19(21(29)13-7-9-26-10-8-13)22(30)23(31)28(20)24-27-17-6-5-15(25)12-18(17)33-24/h2-12,20,29H,1H3/b21-19+. The summed E-state index contributed by atoms with van der Waals surface area (Å²) in [6.45, 7) is 0. The fourth-order valence-electron chi connectivity index (χ4n) is 3.81. The number of aliphatic hydroxyl groups excluding tert-OH is 1. The summed E-state index contributed by atoms with van der Waals surface area (Å²) >= 11 is 1.09. The molecule has 33 heavy (non-hydrogen) atoms. The lowest BCUT2D eigenvalue weighted by atomic mass is 9.95. The molecule has 1 atom stereocenters. The number of halogens is 1. The summed E-state index contributed by atoms with van der Waals surface area (Å²) in [4.78, 5) is 36.0.